The van der Waals surface area contributed by atoms with Crippen molar-refractivity contribution in [3.63, 3.8) is 0 Å². The van der Waals surface area contributed by atoms with Crippen LogP contribution in [-0.2, 0) is 0 Å². The molecule has 1 N–H and O–H groups in total. The first-order chi connectivity index (χ1) is 6.91. The average molecular weight is 219 g/mol. The van der Waals surface area contributed by atoms with Crippen molar-refractivity contribution < 1.29 is 0 Å². The lowest BCUT2D eigenvalue weighted by Crippen LogP contribution is -2.14. The molecule has 0 aromatic heterocycles. The van der Waals surface area contributed by atoms with E-state index in [0.717, 1.165) is 6.54 Å². The van der Waals surface area contributed by atoms with Gasteiger partial charge < -0.3 is 0 Å². The summed E-state index contributed by atoms with van der Waals surface area (Å²) in [6.45, 7) is 3.96. The average Bonchev–Trinajstić information content (AvgIpc) is 2.21. The number of hydrogen-bond acceptors (Lipinski definition) is 2. The zero-order valence-corrected chi connectivity index (χ0v) is 10.0. The highest BCUT2D eigenvalue weighted by Crippen LogP contribution is 2.05. The first-order valence-electron chi connectivity index (χ1n) is 5.71. The topological polar surface area (TPSA) is 24.4 Å². The normalized spacial score (nSPS) is 11.3. The second-order valence-corrected chi connectivity index (χ2v) is 3.75. The highest BCUT2D eigenvalue weighted by Gasteiger charge is 1.90. The number of halogens is 1. The number of rotatable bonds is 10. The van der Waals surface area contributed by atoms with Crippen LogP contribution >= 0.6 is 11.6 Å². The van der Waals surface area contributed by atoms with Gasteiger partial charge in [-0.05, 0) is 13.0 Å². The molecule has 0 amide bonds. The Hall–Kier alpha value is -0.0800. The van der Waals surface area contributed by atoms with Crippen molar-refractivity contribution in [1.82, 2.24) is 5.32 Å². The maximum atomic E-state index is 5.28. The summed E-state index contributed by atoms with van der Waals surface area (Å²) in [5, 5.41) is 3.21. The molecule has 14 heavy (non-hydrogen) atoms. The smallest absolute Gasteiger partial charge is 0.0895 e. The van der Waals surface area contributed by atoms with E-state index in [2.05, 4.69) is 17.2 Å². The molecule has 84 valence electrons. The van der Waals surface area contributed by atoms with Crippen LogP contribution in [0.4, 0.5) is 0 Å². The molecular formula is C11H23ClN2. The van der Waals surface area contributed by atoms with E-state index in [9.17, 15) is 0 Å². The molecule has 0 rings (SSSR count). The zero-order valence-electron chi connectivity index (χ0n) is 9.27. The van der Waals surface area contributed by atoms with Crippen molar-refractivity contribution in [2.24, 2.45) is 4.99 Å². The lowest BCUT2D eigenvalue weighted by molar-refractivity contribution is 0.567. The van der Waals surface area contributed by atoms with Crippen LogP contribution in [0.2, 0.25) is 0 Å². The van der Waals surface area contributed by atoms with Gasteiger partial charge in [0.2, 0.25) is 0 Å². The van der Waals surface area contributed by atoms with Gasteiger partial charge in [0, 0.05) is 0 Å². The van der Waals surface area contributed by atoms with E-state index >= 15 is 0 Å². The minimum absolute atomic E-state index is 0.652. The highest BCUT2D eigenvalue weighted by atomic mass is 35.5. The Morgan fingerprint density at radius 3 is 2.36 bits per heavy atom. The van der Waals surface area contributed by atoms with Crippen molar-refractivity contribution in [2.75, 3.05) is 13.2 Å². The zero-order chi connectivity index (χ0) is 10.5. The Balaban J connectivity index is 2.85. The maximum Gasteiger partial charge on any atom is 0.0895 e. The number of aliphatic imine (C=N–C) groups is 1. The summed E-state index contributed by atoms with van der Waals surface area (Å²) in [5.41, 5.74) is 1.32. The molecule has 0 aromatic rings. The molecule has 0 saturated carbocycles. The maximum absolute atomic E-state index is 5.28. The predicted molar refractivity (Wildman–Crippen MR) is 65.2 cm³/mol. The van der Waals surface area contributed by atoms with Gasteiger partial charge >= 0.3 is 0 Å². The second kappa shape index (κ2) is 12.9. The van der Waals surface area contributed by atoms with Gasteiger partial charge in [0.05, 0.1) is 12.3 Å². The molecule has 0 fully saturated rings. The van der Waals surface area contributed by atoms with Crippen LogP contribution in [0, 0.1) is 0 Å². The van der Waals surface area contributed by atoms with Crippen molar-refractivity contribution in [3.8, 4) is 0 Å². The molecule has 0 radical (unpaired) electrons. The van der Waals surface area contributed by atoms with Crippen LogP contribution < -0.4 is 5.32 Å². The van der Waals surface area contributed by atoms with E-state index in [0.29, 0.717) is 6.67 Å². The molecule has 2 nitrogen and oxygen atoms in total. The lowest BCUT2D eigenvalue weighted by atomic mass is 10.1. The number of nitrogens with zero attached hydrogens (tertiary/aromatic N) is 1. The summed E-state index contributed by atoms with van der Waals surface area (Å²) in [4.78, 5) is 3.86. The van der Waals surface area contributed by atoms with E-state index in [1.165, 1.54) is 50.6 Å². The van der Waals surface area contributed by atoms with Crippen molar-refractivity contribution in [1.29, 1.82) is 0 Å². The van der Waals surface area contributed by atoms with Gasteiger partial charge in [-0.15, -0.1) is 0 Å². The third kappa shape index (κ3) is 11.9. The largest absolute Gasteiger partial charge is 0.298 e. The van der Waals surface area contributed by atoms with Crippen LogP contribution in [-0.4, -0.2) is 18.9 Å². The third-order valence-corrected chi connectivity index (χ3v) is 2.37. The first kappa shape index (κ1) is 13.9. The Morgan fingerprint density at radius 1 is 1.07 bits per heavy atom. The number of hydrogen-bond donors (Lipinski definition) is 1. The lowest BCUT2D eigenvalue weighted by Gasteiger charge is -2.01. The Kier molecular flexibility index (Phi) is 12.8. The second-order valence-electron chi connectivity index (χ2n) is 3.56. The fourth-order valence-electron chi connectivity index (χ4n) is 1.39. The molecule has 0 aliphatic rings. The first-order valence-corrected chi connectivity index (χ1v) is 6.14. The molecule has 0 spiro atoms. The third-order valence-electron chi connectivity index (χ3n) is 2.23. The van der Waals surface area contributed by atoms with Gasteiger partial charge in [0.15, 0.2) is 0 Å². The Morgan fingerprint density at radius 2 is 1.71 bits per heavy atom. The van der Waals surface area contributed by atoms with Gasteiger partial charge in [0.25, 0.3) is 0 Å². The SMILES string of the molecule is CCCCCCCCCNCN=CCl. The molecule has 0 aromatic carbocycles. The molecule has 3 heteroatoms. The van der Waals surface area contributed by atoms with Crippen molar-refractivity contribution >= 4 is 17.3 Å². The number of nitrogens with one attached hydrogen (secondary N) is 1. The van der Waals surface area contributed by atoms with Gasteiger partial charge in [-0.1, -0.05) is 57.0 Å². The van der Waals surface area contributed by atoms with Crippen molar-refractivity contribution in [3.05, 3.63) is 0 Å². The summed E-state index contributed by atoms with van der Waals surface area (Å²) in [7, 11) is 0. The monoisotopic (exact) mass is 218 g/mol. The van der Waals surface area contributed by atoms with Crippen LogP contribution in [0.3, 0.4) is 0 Å². The molecule has 0 aliphatic carbocycles. The fourth-order valence-corrected chi connectivity index (χ4v) is 1.45. The quantitative estimate of drug-likeness (QED) is 0.440. The minimum Gasteiger partial charge on any atom is -0.298 e. The van der Waals surface area contributed by atoms with Gasteiger partial charge in [0.1, 0.15) is 0 Å². The predicted octanol–water partition coefficient (Wildman–Crippen LogP) is 3.55. The van der Waals surface area contributed by atoms with Crippen LogP contribution in [0.5, 0.6) is 0 Å². The van der Waals surface area contributed by atoms with Crippen LogP contribution in [0.25, 0.3) is 0 Å². The van der Waals surface area contributed by atoms with Gasteiger partial charge in [-0.2, -0.15) is 0 Å². The van der Waals surface area contributed by atoms with Gasteiger partial charge in [-0.3, -0.25) is 10.3 Å². The van der Waals surface area contributed by atoms with E-state index < -0.39 is 0 Å². The summed E-state index contributed by atoms with van der Waals surface area (Å²) in [5.74, 6) is 0. The summed E-state index contributed by atoms with van der Waals surface area (Å²) in [6, 6.07) is 0. The van der Waals surface area contributed by atoms with E-state index in [-0.39, 0.29) is 0 Å². The van der Waals surface area contributed by atoms with Crippen molar-refractivity contribution in [2.45, 2.75) is 51.9 Å². The molecule has 0 saturated heterocycles. The molecule has 0 bridgehead atoms. The highest BCUT2D eigenvalue weighted by molar-refractivity contribution is 6.56. The molecule has 0 heterocycles. The summed E-state index contributed by atoms with van der Waals surface area (Å²) in [6.07, 6.45) is 9.49. The van der Waals surface area contributed by atoms with E-state index in [1.54, 1.807) is 0 Å². The van der Waals surface area contributed by atoms with Crippen LogP contribution in [0.1, 0.15) is 51.9 Å². The molecule has 0 aliphatic heterocycles. The standard InChI is InChI=1S/C11H23ClN2/c1-2-3-4-5-6-7-8-9-13-11-14-10-12/h10,13H,2-9,11H2,1H3. The molecule has 0 atom stereocenters. The van der Waals surface area contributed by atoms with Gasteiger partial charge in [-0.25, -0.2) is 0 Å². The minimum atomic E-state index is 0.652. The molecular weight excluding hydrogens is 196 g/mol. The summed E-state index contributed by atoms with van der Waals surface area (Å²) >= 11 is 5.28. The van der Waals surface area contributed by atoms with Crippen LogP contribution in [0.15, 0.2) is 4.99 Å². The molecule has 0 unspecified atom stereocenters. The van der Waals surface area contributed by atoms with E-state index in [1.807, 2.05) is 0 Å². The number of unbranched alkanes of at least 4 members (excludes halogenated alkanes) is 6. The Bertz CT molecular complexity index is 126. The van der Waals surface area contributed by atoms with E-state index in [4.69, 9.17) is 11.6 Å². The summed E-state index contributed by atoms with van der Waals surface area (Å²) < 4.78 is 0. The fraction of sp³-hybridized carbons (Fsp3) is 0.909. The Labute approximate surface area is 93.1 Å².